The van der Waals surface area contributed by atoms with Gasteiger partial charge in [-0.2, -0.15) is 0 Å². The lowest BCUT2D eigenvalue weighted by atomic mass is 10.0. The number of hydrogen-bond donors (Lipinski definition) is 2. The minimum Gasteiger partial charge on any atom is -0.497 e. The lowest BCUT2D eigenvalue weighted by Crippen LogP contribution is -2.17. The van der Waals surface area contributed by atoms with Crippen molar-refractivity contribution in [3.05, 3.63) is 70.3 Å². The van der Waals surface area contributed by atoms with E-state index in [1.165, 1.54) is 50.4 Å². The summed E-state index contributed by atoms with van der Waals surface area (Å²) in [7, 11) is -2.42. The summed E-state index contributed by atoms with van der Waals surface area (Å²) in [5.74, 6) is -1.99. The molecule has 0 aliphatic carbocycles. The number of ether oxygens (including phenoxy) is 2. The molecular weight excluding hydrogens is 584 g/mol. The van der Waals surface area contributed by atoms with Gasteiger partial charge in [-0.1, -0.05) is 11.6 Å². The molecule has 1 aromatic heterocycles. The van der Waals surface area contributed by atoms with Gasteiger partial charge in [-0.3, -0.25) is 9.52 Å². The predicted molar refractivity (Wildman–Crippen MR) is 143 cm³/mol. The van der Waals surface area contributed by atoms with Crippen molar-refractivity contribution in [1.82, 2.24) is 0 Å². The number of alkyl halides is 3. The number of amides is 1. The summed E-state index contributed by atoms with van der Waals surface area (Å²) in [6, 6.07) is 12.0. The Hall–Kier alpha value is -3.55. The first-order chi connectivity index (χ1) is 18.2. The highest BCUT2D eigenvalue weighted by atomic mass is 35.5. The molecule has 4 rings (SSSR count). The van der Waals surface area contributed by atoms with Crippen molar-refractivity contribution in [1.29, 1.82) is 0 Å². The van der Waals surface area contributed by atoms with Crippen LogP contribution in [0, 0.1) is 5.82 Å². The Morgan fingerprint density at radius 3 is 2.36 bits per heavy atom. The Morgan fingerprint density at radius 1 is 1.00 bits per heavy atom. The molecule has 14 heteroatoms. The van der Waals surface area contributed by atoms with Crippen molar-refractivity contribution in [3.63, 3.8) is 0 Å². The second-order valence-corrected chi connectivity index (χ2v) is 11.6. The quantitative estimate of drug-likeness (QED) is 0.207. The molecule has 0 saturated heterocycles. The first-order valence-corrected chi connectivity index (χ1v) is 13.9. The van der Waals surface area contributed by atoms with Gasteiger partial charge in [-0.15, -0.1) is 24.5 Å². The average Bonchev–Trinajstić information content (AvgIpc) is 3.25. The Bertz CT molecular complexity index is 1670. The fourth-order valence-corrected chi connectivity index (χ4v) is 5.40. The van der Waals surface area contributed by atoms with E-state index in [1.54, 1.807) is 0 Å². The van der Waals surface area contributed by atoms with Crippen LogP contribution < -0.4 is 19.5 Å². The van der Waals surface area contributed by atoms with Crippen LogP contribution in [0.5, 0.6) is 11.5 Å². The number of carbonyl (C=O) groups is 1. The highest BCUT2D eigenvalue weighted by Crippen LogP contribution is 2.36. The average molecular weight is 603 g/mol. The molecule has 3 aromatic carbocycles. The van der Waals surface area contributed by atoms with E-state index >= 15 is 0 Å². The number of anilines is 2. The number of thiophene rings is 1. The molecule has 7 nitrogen and oxygen atoms in total. The number of hydrogen-bond acceptors (Lipinski definition) is 6. The van der Waals surface area contributed by atoms with Crippen LogP contribution in [0.2, 0.25) is 5.02 Å². The number of fused-ring (bicyclic) bond motifs is 1. The van der Waals surface area contributed by atoms with Gasteiger partial charge in [0.2, 0.25) is 10.0 Å². The third kappa shape index (κ3) is 7.11. The van der Waals surface area contributed by atoms with Gasteiger partial charge >= 0.3 is 6.36 Å². The van der Waals surface area contributed by atoms with Crippen LogP contribution >= 0.6 is 22.9 Å². The van der Waals surface area contributed by atoms with E-state index in [-0.39, 0.29) is 38.3 Å². The molecule has 1 heterocycles. The van der Waals surface area contributed by atoms with Crippen molar-refractivity contribution in [2.75, 3.05) is 22.9 Å². The highest BCUT2D eigenvalue weighted by Gasteiger charge is 2.31. The lowest BCUT2D eigenvalue weighted by Gasteiger charge is -2.13. The van der Waals surface area contributed by atoms with E-state index in [2.05, 4.69) is 14.8 Å². The van der Waals surface area contributed by atoms with Crippen LogP contribution in [-0.2, 0) is 10.0 Å². The monoisotopic (exact) mass is 602 g/mol. The standard InChI is InChI=1S/C25H19ClF4N2O5S2/c1-3-39(34,35)32-21-8-15-9-23(38-22(15)12-20(21)27)24(33)31-17-5-13(4-16(26)10-17)14-6-18(36-2)11-19(7-14)37-25(28,29)30/h4-12,32H,3H2,1-2H3,(H,31,33). The summed E-state index contributed by atoms with van der Waals surface area (Å²) in [6.07, 6.45) is -4.91. The fourth-order valence-electron chi connectivity index (χ4n) is 3.56. The van der Waals surface area contributed by atoms with Crippen LogP contribution in [0.15, 0.2) is 54.6 Å². The van der Waals surface area contributed by atoms with E-state index in [0.29, 0.717) is 15.6 Å². The van der Waals surface area contributed by atoms with E-state index in [9.17, 15) is 30.8 Å². The molecule has 0 saturated carbocycles. The Balaban J connectivity index is 1.63. The second kappa shape index (κ2) is 10.9. The van der Waals surface area contributed by atoms with Crippen molar-refractivity contribution in [3.8, 4) is 22.6 Å². The molecule has 1 amide bonds. The topological polar surface area (TPSA) is 93.7 Å². The van der Waals surface area contributed by atoms with Crippen LogP contribution in [0.25, 0.3) is 21.2 Å². The summed E-state index contributed by atoms with van der Waals surface area (Å²) >= 11 is 7.21. The maximum Gasteiger partial charge on any atom is 0.573 e. The zero-order valence-corrected chi connectivity index (χ0v) is 22.5. The molecule has 0 radical (unpaired) electrons. The van der Waals surface area contributed by atoms with E-state index in [1.807, 2.05) is 0 Å². The van der Waals surface area contributed by atoms with Gasteiger partial charge in [0.25, 0.3) is 5.91 Å². The van der Waals surface area contributed by atoms with Gasteiger partial charge in [0.05, 0.1) is 23.4 Å². The lowest BCUT2D eigenvalue weighted by molar-refractivity contribution is -0.274. The summed E-state index contributed by atoms with van der Waals surface area (Å²) in [4.78, 5) is 13.2. The van der Waals surface area contributed by atoms with Crippen LogP contribution in [0.1, 0.15) is 16.6 Å². The summed E-state index contributed by atoms with van der Waals surface area (Å²) in [5, 5.41) is 3.30. The summed E-state index contributed by atoms with van der Waals surface area (Å²) in [6.45, 7) is 1.41. The molecule has 0 atom stereocenters. The van der Waals surface area contributed by atoms with Gasteiger partial charge in [0.15, 0.2) is 0 Å². The van der Waals surface area contributed by atoms with Crippen LogP contribution in [0.3, 0.4) is 0 Å². The normalized spacial score (nSPS) is 11.9. The first kappa shape index (κ1) is 28.5. The smallest absolute Gasteiger partial charge is 0.497 e. The highest BCUT2D eigenvalue weighted by molar-refractivity contribution is 7.92. The van der Waals surface area contributed by atoms with Gasteiger partial charge in [0, 0.05) is 21.5 Å². The number of rotatable bonds is 8. The van der Waals surface area contributed by atoms with Crippen molar-refractivity contribution < 1.29 is 40.2 Å². The first-order valence-electron chi connectivity index (χ1n) is 11.1. The Kier molecular flexibility index (Phi) is 7.96. The molecule has 0 fully saturated rings. The van der Waals surface area contributed by atoms with Gasteiger partial charge in [-0.05, 0) is 72.0 Å². The molecule has 0 unspecified atom stereocenters. The molecule has 2 N–H and O–H groups in total. The van der Waals surface area contributed by atoms with Crippen molar-refractivity contribution >= 4 is 60.3 Å². The van der Waals surface area contributed by atoms with Crippen molar-refractivity contribution in [2.45, 2.75) is 13.3 Å². The molecule has 39 heavy (non-hydrogen) atoms. The molecule has 0 bridgehead atoms. The predicted octanol–water partition coefficient (Wildman–Crippen LogP) is 7.28. The number of nitrogens with one attached hydrogen (secondary N) is 2. The van der Waals surface area contributed by atoms with Crippen molar-refractivity contribution in [2.24, 2.45) is 0 Å². The molecular formula is C25H19ClF4N2O5S2. The zero-order valence-electron chi connectivity index (χ0n) is 20.2. The largest absolute Gasteiger partial charge is 0.573 e. The number of methoxy groups -OCH3 is 1. The zero-order chi connectivity index (χ0) is 28.5. The minimum absolute atomic E-state index is 0.107. The molecule has 0 aliphatic heterocycles. The second-order valence-electron chi connectivity index (χ2n) is 8.11. The SMILES string of the molecule is CCS(=O)(=O)Nc1cc2cc(C(=O)Nc3cc(Cl)cc(-c4cc(OC)cc(OC(F)(F)F)c4)c3)sc2cc1F. The van der Waals surface area contributed by atoms with Gasteiger partial charge in [0.1, 0.15) is 17.3 Å². The number of carbonyl (C=O) groups excluding carboxylic acids is 1. The molecule has 4 aromatic rings. The van der Waals surface area contributed by atoms with E-state index in [4.69, 9.17) is 16.3 Å². The summed E-state index contributed by atoms with van der Waals surface area (Å²) < 4.78 is 88.1. The number of sulfonamides is 1. The number of halogens is 5. The Labute approximate surface area is 229 Å². The van der Waals surface area contributed by atoms with Gasteiger partial charge in [-0.25, -0.2) is 12.8 Å². The molecule has 0 spiro atoms. The van der Waals surface area contributed by atoms with Crippen LogP contribution in [-0.4, -0.2) is 33.5 Å². The third-order valence-corrected chi connectivity index (χ3v) is 7.92. The molecule has 0 aliphatic rings. The third-order valence-electron chi connectivity index (χ3n) is 5.31. The van der Waals surface area contributed by atoms with E-state index < -0.39 is 33.9 Å². The maximum atomic E-state index is 14.5. The number of benzene rings is 3. The minimum atomic E-state index is -4.91. The van der Waals surface area contributed by atoms with Crippen LogP contribution in [0.4, 0.5) is 28.9 Å². The fraction of sp³-hybridized carbons (Fsp3) is 0.160. The molecule has 206 valence electrons. The van der Waals surface area contributed by atoms with Gasteiger partial charge < -0.3 is 14.8 Å². The van der Waals surface area contributed by atoms with E-state index in [0.717, 1.165) is 29.5 Å². The summed E-state index contributed by atoms with van der Waals surface area (Å²) in [5.41, 5.74) is 0.658. The Morgan fingerprint density at radius 2 is 1.69 bits per heavy atom. The maximum absolute atomic E-state index is 14.5.